The third-order valence-electron chi connectivity index (χ3n) is 5.16. The molecule has 3 rings (SSSR count). The van der Waals surface area contributed by atoms with Gasteiger partial charge in [0.1, 0.15) is 18.5 Å². The Hall–Kier alpha value is -2.51. The lowest BCUT2D eigenvalue weighted by molar-refractivity contribution is -0.403. The van der Waals surface area contributed by atoms with Gasteiger partial charge in [-0.15, -0.1) is 0 Å². The normalized spacial score (nSPS) is 14.9. The first-order chi connectivity index (χ1) is 12.9. The second kappa shape index (κ2) is 7.85. The van der Waals surface area contributed by atoms with Crippen LogP contribution in [0.1, 0.15) is 26.3 Å². The zero-order valence-electron chi connectivity index (χ0n) is 16.8. The summed E-state index contributed by atoms with van der Waals surface area (Å²) in [5, 5.41) is 0. The van der Waals surface area contributed by atoms with Crippen LogP contribution in [0.5, 0.6) is 11.5 Å². The molecule has 0 radical (unpaired) electrons. The summed E-state index contributed by atoms with van der Waals surface area (Å²) in [6.45, 7) is 6.76. The Morgan fingerprint density at radius 3 is 2.07 bits per heavy atom. The lowest BCUT2D eigenvalue weighted by atomic mass is 9.81. The van der Waals surface area contributed by atoms with Crippen molar-refractivity contribution in [2.24, 2.45) is 0 Å². The van der Waals surface area contributed by atoms with Gasteiger partial charge >= 0.3 is 7.25 Å². The van der Waals surface area contributed by atoms with Crippen molar-refractivity contribution in [3.05, 3.63) is 42.0 Å². The monoisotopic (exact) mass is 397 g/mol. The predicted octanol–water partition coefficient (Wildman–Crippen LogP) is 5.70. The molecule has 8 heteroatoms. The summed E-state index contributed by atoms with van der Waals surface area (Å²) in [5.74, 6) is 1.63. The van der Waals surface area contributed by atoms with Crippen molar-refractivity contribution in [1.82, 2.24) is 0 Å². The highest BCUT2D eigenvalue weighted by Crippen LogP contribution is 2.42. The molecule has 0 fully saturated rings. The highest BCUT2D eigenvalue weighted by molar-refractivity contribution is 6.50. The zero-order valence-corrected chi connectivity index (χ0v) is 16.8. The lowest BCUT2D eigenvalue weighted by Gasteiger charge is -2.17. The second-order valence-electron chi connectivity index (χ2n) is 7.06. The van der Waals surface area contributed by atoms with Gasteiger partial charge in [0, 0.05) is 30.2 Å². The van der Waals surface area contributed by atoms with E-state index in [9.17, 15) is 17.3 Å². The molecular weight excluding hydrogens is 373 g/mol. The van der Waals surface area contributed by atoms with Gasteiger partial charge in [0.25, 0.3) is 0 Å². The third-order valence-corrected chi connectivity index (χ3v) is 5.16. The fraction of sp³-hybridized carbons (Fsp3) is 0.350. The third kappa shape index (κ3) is 4.48. The summed E-state index contributed by atoms with van der Waals surface area (Å²) < 4.78 is 52.1. The molecule has 0 saturated heterocycles. The summed E-state index contributed by atoms with van der Waals surface area (Å²) >= 11 is 0. The molecule has 2 aromatic carbocycles. The van der Waals surface area contributed by atoms with Crippen molar-refractivity contribution in [2.45, 2.75) is 26.2 Å². The van der Waals surface area contributed by atoms with Gasteiger partial charge in [-0.25, -0.2) is 4.58 Å². The van der Waals surface area contributed by atoms with E-state index in [1.165, 1.54) is 22.5 Å². The van der Waals surface area contributed by atoms with Crippen LogP contribution in [0, 0.1) is 0 Å². The Bertz CT molecular complexity index is 902. The number of hydrogen-bond acceptors (Lipinski definition) is 2. The molecule has 0 aromatic heterocycles. The highest BCUT2D eigenvalue weighted by Gasteiger charge is 2.41. The predicted molar refractivity (Wildman–Crippen MR) is 105 cm³/mol. The molecule has 0 saturated carbocycles. The number of hydrogen-bond donors (Lipinski definition) is 0. The van der Waals surface area contributed by atoms with E-state index >= 15 is 0 Å². The molecule has 2 aromatic rings. The number of rotatable bonds is 3. The minimum absolute atomic E-state index is 0.0415. The number of halogens is 4. The Labute approximate surface area is 162 Å². The van der Waals surface area contributed by atoms with Gasteiger partial charge in [-0.1, -0.05) is 0 Å². The molecule has 0 amide bonds. The fourth-order valence-electron chi connectivity index (χ4n) is 3.33. The standard InChI is InChI=1S/C20H24NO2.BF4/c1-13-20(2,3)17-11-14(7-10-18(17)21(13)4)16-9-8-15(22-5)12-19(16)23-6;2-1(3,4)5/h7-12H,1-6H3;/q+1;-1. The lowest BCUT2D eigenvalue weighted by Crippen LogP contribution is -2.25. The van der Waals surface area contributed by atoms with Crippen LogP contribution in [0.25, 0.3) is 11.1 Å². The number of methoxy groups -OCH3 is 2. The largest absolute Gasteiger partial charge is 0.673 e. The molecular formula is C20H24BF4NO2. The van der Waals surface area contributed by atoms with Crippen LogP contribution in [0.2, 0.25) is 0 Å². The van der Waals surface area contributed by atoms with Gasteiger partial charge in [-0.2, -0.15) is 0 Å². The summed E-state index contributed by atoms with van der Waals surface area (Å²) in [7, 11) is -0.501. The molecule has 0 aliphatic carbocycles. The van der Waals surface area contributed by atoms with Crippen LogP contribution in [-0.4, -0.2) is 38.8 Å². The SMILES string of the molecule is COc1ccc(-c2ccc3c(c2)C(C)(C)C(C)=[N+]3C)c(OC)c1.F[B-](F)(F)F. The van der Waals surface area contributed by atoms with Crippen molar-refractivity contribution in [1.29, 1.82) is 0 Å². The van der Waals surface area contributed by atoms with Gasteiger partial charge in [0.2, 0.25) is 5.69 Å². The molecule has 0 bridgehead atoms. The van der Waals surface area contributed by atoms with E-state index in [2.05, 4.69) is 56.7 Å². The Kier molecular flexibility index (Phi) is 6.11. The molecule has 0 N–H and O–H groups in total. The summed E-state index contributed by atoms with van der Waals surface area (Å²) in [6.07, 6.45) is 0. The van der Waals surface area contributed by atoms with Crippen molar-refractivity contribution in [3.8, 4) is 22.6 Å². The van der Waals surface area contributed by atoms with Gasteiger partial charge < -0.3 is 26.7 Å². The van der Waals surface area contributed by atoms with Crippen LogP contribution in [0.15, 0.2) is 36.4 Å². The van der Waals surface area contributed by atoms with E-state index in [4.69, 9.17) is 9.47 Å². The number of ether oxygens (including phenoxy) is 2. The van der Waals surface area contributed by atoms with E-state index in [1.807, 2.05) is 12.1 Å². The smallest absolute Gasteiger partial charge is 0.497 e. The molecule has 0 spiro atoms. The first-order valence-electron chi connectivity index (χ1n) is 8.72. The highest BCUT2D eigenvalue weighted by atomic mass is 19.5. The zero-order chi connectivity index (χ0) is 21.3. The molecule has 0 unspecified atom stereocenters. The van der Waals surface area contributed by atoms with E-state index in [0.717, 1.165) is 17.1 Å². The Morgan fingerprint density at radius 2 is 1.54 bits per heavy atom. The van der Waals surface area contributed by atoms with Crippen LogP contribution in [0.3, 0.4) is 0 Å². The number of nitrogens with zero attached hydrogens (tertiary/aromatic N) is 1. The van der Waals surface area contributed by atoms with Crippen molar-refractivity contribution in [3.63, 3.8) is 0 Å². The van der Waals surface area contributed by atoms with Gasteiger partial charge in [-0.3, -0.25) is 0 Å². The molecule has 1 aliphatic rings. The van der Waals surface area contributed by atoms with E-state index < -0.39 is 7.25 Å². The van der Waals surface area contributed by atoms with Crippen LogP contribution < -0.4 is 9.47 Å². The molecule has 1 aliphatic heterocycles. The summed E-state index contributed by atoms with van der Waals surface area (Å²) in [4.78, 5) is 0. The van der Waals surface area contributed by atoms with E-state index in [-0.39, 0.29) is 5.41 Å². The van der Waals surface area contributed by atoms with Crippen molar-refractivity contribution >= 4 is 18.7 Å². The van der Waals surface area contributed by atoms with Crippen LogP contribution in [0.4, 0.5) is 23.0 Å². The van der Waals surface area contributed by atoms with Crippen molar-refractivity contribution < 1.29 is 31.3 Å². The maximum absolute atomic E-state index is 9.75. The maximum Gasteiger partial charge on any atom is 0.673 e. The molecule has 0 atom stereocenters. The van der Waals surface area contributed by atoms with E-state index in [0.29, 0.717) is 0 Å². The Morgan fingerprint density at radius 1 is 0.929 bits per heavy atom. The Balaban J connectivity index is 0.000000500. The van der Waals surface area contributed by atoms with Gasteiger partial charge in [-0.05, 0) is 43.7 Å². The topological polar surface area (TPSA) is 21.5 Å². The fourth-order valence-corrected chi connectivity index (χ4v) is 3.33. The maximum atomic E-state index is 9.75. The van der Waals surface area contributed by atoms with Gasteiger partial charge in [0.05, 0.1) is 19.6 Å². The molecule has 152 valence electrons. The van der Waals surface area contributed by atoms with Crippen LogP contribution in [-0.2, 0) is 5.41 Å². The quantitative estimate of drug-likeness (QED) is 0.377. The first-order valence-corrected chi connectivity index (χ1v) is 8.72. The van der Waals surface area contributed by atoms with Crippen molar-refractivity contribution in [2.75, 3.05) is 21.3 Å². The molecule has 3 nitrogen and oxygen atoms in total. The average Bonchev–Trinajstić information content (AvgIpc) is 2.80. The van der Waals surface area contributed by atoms with E-state index in [1.54, 1.807) is 14.2 Å². The first kappa shape index (κ1) is 21.8. The average molecular weight is 397 g/mol. The molecule has 1 heterocycles. The van der Waals surface area contributed by atoms with Crippen LogP contribution >= 0.6 is 0 Å². The minimum atomic E-state index is -6.00. The summed E-state index contributed by atoms with van der Waals surface area (Å²) in [6, 6.07) is 12.6. The second-order valence-corrected chi connectivity index (χ2v) is 7.06. The number of benzene rings is 2. The minimum Gasteiger partial charge on any atom is -0.497 e. The van der Waals surface area contributed by atoms with Gasteiger partial charge in [0.15, 0.2) is 5.71 Å². The molecule has 28 heavy (non-hydrogen) atoms. The number of fused-ring (bicyclic) bond motifs is 1. The summed E-state index contributed by atoms with van der Waals surface area (Å²) in [5.41, 5.74) is 6.29.